The minimum absolute atomic E-state index is 0.0221. The van der Waals surface area contributed by atoms with E-state index in [1.807, 2.05) is 16.8 Å². The number of hydrogen-bond acceptors (Lipinski definition) is 7. The first-order valence-electron chi connectivity index (χ1n) is 13.1. The largest absolute Gasteiger partial charge is 0.460 e. The lowest BCUT2D eigenvalue weighted by atomic mass is 10.3. The third-order valence-corrected chi connectivity index (χ3v) is 6.88. The quantitative estimate of drug-likeness (QED) is 0.316. The molecule has 0 aromatic carbocycles. The van der Waals surface area contributed by atoms with Gasteiger partial charge in [-0.05, 0) is 60.7 Å². The molecular formula is C23H44F9N7. The zero-order valence-electron chi connectivity index (χ0n) is 23.3. The Morgan fingerprint density at radius 2 is 0.513 bits per heavy atom. The fourth-order valence-corrected chi connectivity index (χ4v) is 4.14. The summed E-state index contributed by atoms with van der Waals surface area (Å²) >= 11 is 0. The molecule has 1 aliphatic rings. The van der Waals surface area contributed by atoms with Crippen LogP contribution >= 0.6 is 0 Å². The number of hydrogen-bond donors (Lipinski definition) is 0. The predicted octanol–water partition coefficient (Wildman–Crippen LogP) is 2.97. The Kier molecular flexibility index (Phi) is 15.3. The molecule has 16 heteroatoms. The van der Waals surface area contributed by atoms with Gasteiger partial charge in [0.15, 0.2) is 0 Å². The molecule has 0 aliphatic carbocycles. The van der Waals surface area contributed by atoms with Gasteiger partial charge in [0.05, 0.1) is 0 Å². The third-order valence-electron chi connectivity index (χ3n) is 6.88. The van der Waals surface area contributed by atoms with Gasteiger partial charge in [0.1, 0.15) is 0 Å². The molecule has 1 rings (SSSR count). The summed E-state index contributed by atoms with van der Waals surface area (Å²) in [5.74, 6) is 0. The zero-order chi connectivity index (χ0) is 29.9. The van der Waals surface area contributed by atoms with E-state index >= 15 is 0 Å². The Bertz CT molecular complexity index is 661. The van der Waals surface area contributed by atoms with E-state index in [0.717, 1.165) is 0 Å². The van der Waals surface area contributed by atoms with Gasteiger partial charge in [-0.3, -0.25) is 0 Å². The van der Waals surface area contributed by atoms with E-state index < -0.39 is 45.1 Å². The van der Waals surface area contributed by atoms with Crippen molar-refractivity contribution in [1.82, 2.24) is 34.3 Å². The summed E-state index contributed by atoms with van der Waals surface area (Å²) in [6.07, 6.45) is -13.4. The van der Waals surface area contributed by atoms with Crippen LogP contribution in [0.5, 0.6) is 0 Å². The van der Waals surface area contributed by atoms with Crippen molar-refractivity contribution in [2.75, 3.05) is 120 Å². The Labute approximate surface area is 226 Å². The summed E-state index contributed by atoms with van der Waals surface area (Å²) < 4.78 is 122. The van der Waals surface area contributed by atoms with Gasteiger partial charge >= 0.3 is 18.9 Å². The van der Waals surface area contributed by atoms with Crippen LogP contribution in [-0.2, 0) is 0 Å². The van der Waals surface area contributed by atoms with Crippen LogP contribution in [0.4, 0.5) is 39.5 Å². The van der Waals surface area contributed by atoms with Crippen LogP contribution in [0.25, 0.3) is 0 Å². The second-order valence-electron chi connectivity index (χ2n) is 10.3. The smallest absolute Gasteiger partial charge is 0.305 e. The zero-order valence-corrected chi connectivity index (χ0v) is 23.3. The average Bonchev–Trinajstić information content (AvgIpc) is 2.78. The first kappa shape index (κ1) is 36.1. The van der Waals surface area contributed by atoms with E-state index in [4.69, 9.17) is 0 Å². The molecular weight excluding hydrogens is 545 g/mol. The molecule has 0 amide bonds. The molecule has 0 saturated carbocycles. The number of rotatable bonds is 0. The SMILES string of the molecule is CN1CCCN(C)CCN(C(F)(F)F)CCCN(C)CCN(C(F)(F)F)CCN(C(F)(F)F)CCN(C)CC1. The second kappa shape index (κ2) is 16.5. The van der Waals surface area contributed by atoms with Gasteiger partial charge < -0.3 is 19.6 Å². The lowest BCUT2D eigenvalue weighted by Crippen LogP contribution is -2.50. The predicted molar refractivity (Wildman–Crippen MR) is 132 cm³/mol. The van der Waals surface area contributed by atoms with E-state index in [1.165, 1.54) is 11.9 Å². The Hall–Kier alpha value is -0.910. The highest BCUT2D eigenvalue weighted by Crippen LogP contribution is 2.24. The summed E-state index contributed by atoms with van der Waals surface area (Å²) in [6, 6.07) is 0. The monoisotopic (exact) mass is 589 g/mol. The second-order valence-corrected chi connectivity index (χ2v) is 10.3. The highest BCUT2D eigenvalue weighted by atomic mass is 19.4. The molecule has 0 atom stereocenters. The summed E-state index contributed by atoms with van der Waals surface area (Å²) in [5.41, 5.74) is 0. The summed E-state index contributed by atoms with van der Waals surface area (Å²) in [4.78, 5) is 7.48. The summed E-state index contributed by atoms with van der Waals surface area (Å²) in [5, 5.41) is 0. The van der Waals surface area contributed by atoms with Crippen molar-refractivity contribution in [3.63, 3.8) is 0 Å². The van der Waals surface area contributed by atoms with Crippen molar-refractivity contribution in [1.29, 1.82) is 0 Å². The molecule has 39 heavy (non-hydrogen) atoms. The highest BCUT2D eigenvalue weighted by Gasteiger charge is 2.41. The summed E-state index contributed by atoms with van der Waals surface area (Å²) in [6.45, 7) is -0.849. The van der Waals surface area contributed by atoms with Gasteiger partial charge in [0, 0.05) is 72.0 Å². The molecule has 0 aromatic heterocycles. The van der Waals surface area contributed by atoms with Gasteiger partial charge in [0.2, 0.25) is 0 Å². The lowest BCUT2D eigenvalue weighted by molar-refractivity contribution is -0.266. The van der Waals surface area contributed by atoms with Gasteiger partial charge in [-0.15, -0.1) is 0 Å². The lowest BCUT2D eigenvalue weighted by Gasteiger charge is -2.32. The number of alkyl halides is 9. The molecule has 7 nitrogen and oxygen atoms in total. The maximum atomic E-state index is 13.5. The van der Waals surface area contributed by atoms with Crippen LogP contribution in [0.1, 0.15) is 12.8 Å². The minimum Gasteiger partial charge on any atom is -0.305 e. The van der Waals surface area contributed by atoms with Crippen LogP contribution in [0.2, 0.25) is 0 Å². The maximum Gasteiger partial charge on any atom is 0.460 e. The molecule has 234 valence electrons. The van der Waals surface area contributed by atoms with Crippen molar-refractivity contribution in [2.24, 2.45) is 0 Å². The first-order valence-corrected chi connectivity index (χ1v) is 13.1. The number of nitrogens with zero attached hydrogens (tertiary/aromatic N) is 7. The van der Waals surface area contributed by atoms with Crippen molar-refractivity contribution in [2.45, 2.75) is 31.7 Å². The average molecular weight is 590 g/mol. The summed E-state index contributed by atoms with van der Waals surface area (Å²) in [7, 11) is 6.74. The van der Waals surface area contributed by atoms with Crippen LogP contribution in [0, 0.1) is 0 Å². The third kappa shape index (κ3) is 15.6. The molecule has 1 heterocycles. The van der Waals surface area contributed by atoms with E-state index in [9.17, 15) is 39.5 Å². The van der Waals surface area contributed by atoms with E-state index in [1.54, 1.807) is 19.0 Å². The molecule has 0 radical (unpaired) electrons. The molecule has 0 bridgehead atoms. The molecule has 0 aromatic rings. The van der Waals surface area contributed by atoms with Crippen LogP contribution < -0.4 is 0 Å². The minimum atomic E-state index is -4.84. The highest BCUT2D eigenvalue weighted by molar-refractivity contribution is 4.72. The number of halogens is 9. The van der Waals surface area contributed by atoms with Crippen molar-refractivity contribution in [3.05, 3.63) is 0 Å². The van der Waals surface area contributed by atoms with Crippen molar-refractivity contribution >= 4 is 0 Å². The van der Waals surface area contributed by atoms with Gasteiger partial charge in [0.25, 0.3) is 0 Å². The van der Waals surface area contributed by atoms with E-state index in [2.05, 4.69) is 0 Å². The Balaban J connectivity index is 2.95. The molecule has 0 unspecified atom stereocenters. The van der Waals surface area contributed by atoms with E-state index in [-0.39, 0.29) is 55.5 Å². The molecule has 1 saturated heterocycles. The normalized spacial score (nSPS) is 24.2. The van der Waals surface area contributed by atoms with Gasteiger partial charge in [-0.25, -0.2) is 14.7 Å². The Morgan fingerprint density at radius 1 is 0.308 bits per heavy atom. The van der Waals surface area contributed by atoms with E-state index in [0.29, 0.717) is 37.5 Å². The topological polar surface area (TPSA) is 22.7 Å². The van der Waals surface area contributed by atoms with Gasteiger partial charge in [-0.1, -0.05) is 0 Å². The first-order chi connectivity index (χ1) is 17.9. The standard InChI is InChI=1S/C23H44F9N7/c1-33-7-5-8-34(2)13-16-37(21(24,25)26)10-6-9-35(3)14-17-38(22(27,28)29)19-20-39(23(30,31)32)18-15-36(4)12-11-33/h5-20H2,1-4H3. The molecule has 0 N–H and O–H groups in total. The van der Waals surface area contributed by atoms with Crippen LogP contribution in [0.3, 0.4) is 0 Å². The fraction of sp³-hybridized carbons (Fsp3) is 1.00. The maximum absolute atomic E-state index is 13.5. The van der Waals surface area contributed by atoms with Gasteiger partial charge in [-0.2, -0.15) is 39.5 Å². The van der Waals surface area contributed by atoms with Crippen LogP contribution in [-0.4, -0.2) is 173 Å². The Morgan fingerprint density at radius 3 is 0.821 bits per heavy atom. The van der Waals surface area contributed by atoms with Crippen LogP contribution in [0.15, 0.2) is 0 Å². The number of likely N-dealkylation sites (N-methyl/N-ethyl adjacent to an activating group) is 4. The molecule has 1 aliphatic heterocycles. The molecule has 0 spiro atoms. The van der Waals surface area contributed by atoms with Crippen molar-refractivity contribution < 1.29 is 39.5 Å². The fourth-order valence-electron chi connectivity index (χ4n) is 4.14. The molecule has 1 fully saturated rings. The van der Waals surface area contributed by atoms with Crippen molar-refractivity contribution in [3.8, 4) is 0 Å².